The topological polar surface area (TPSA) is 21.3 Å². The van der Waals surface area contributed by atoms with Crippen LogP contribution in [-0.4, -0.2) is 6.54 Å². The van der Waals surface area contributed by atoms with Crippen LogP contribution in [0, 0.1) is 5.82 Å². The summed E-state index contributed by atoms with van der Waals surface area (Å²) in [5.74, 6) is 0.483. The molecule has 2 nitrogen and oxygen atoms in total. The van der Waals surface area contributed by atoms with Gasteiger partial charge in [0.05, 0.1) is 0 Å². The number of halogens is 2. The molecule has 2 aromatic carbocycles. The molecule has 0 fully saturated rings. The van der Waals surface area contributed by atoms with Crippen LogP contribution in [0.1, 0.15) is 18.1 Å². The Kier molecular flexibility index (Phi) is 5.56. The fraction of sp³-hybridized carbons (Fsp3) is 0.250. The van der Waals surface area contributed by atoms with Crippen LogP contribution < -0.4 is 10.1 Å². The summed E-state index contributed by atoms with van der Waals surface area (Å²) in [6.07, 6.45) is 0. The molecule has 0 unspecified atom stereocenters. The van der Waals surface area contributed by atoms with Crippen LogP contribution in [0.3, 0.4) is 0 Å². The Labute approximate surface area is 127 Å². The molecule has 0 amide bonds. The molecule has 0 aromatic heterocycles. The van der Waals surface area contributed by atoms with Gasteiger partial charge in [-0.2, -0.15) is 0 Å². The van der Waals surface area contributed by atoms with E-state index in [1.165, 1.54) is 6.07 Å². The molecule has 2 rings (SSSR count). The third-order valence-electron chi connectivity index (χ3n) is 2.88. The first-order valence-electron chi connectivity index (χ1n) is 6.55. The van der Waals surface area contributed by atoms with E-state index in [2.05, 4.69) is 21.2 Å². The zero-order valence-corrected chi connectivity index (χ0v) is 12.9. The van der Waals surface area contributed by atoms with Gasteiger partial charge in [0, 0.05) is 16.6 Å². The number of hydrogen-bond acceptors (Lipinski definition) is 2. The summed E-state index contributed by atoms with van der Waals surface area (Å²) in [6, 6.07) is 12.6. The molecule has 4 heteroatoms. The van der Waals surface area contributed by atoms with Crippen molar-refractivity contribution in [3.63, 3.8) is 0 Å². The van der Waals surface area contributed by atoms with Crippen LogP contribution >= 0.6 is 15.9 Å². The molecular formula is C16H17BrFNO. The third kappa shape index (κ3) is 4.32. The second-order valence-corrected chi connectivity index (χ2v) is 5.37. The lowest BCUT2D eigenvalue weighted by molar-refractivity contribution is 0.299. The van der Waals surface area contributed by atoms with Crippen LogP contribution in [-0.2, 0) is 13.2 Å². The van der Waals surface area contributed by atoms with Gasteiger partial charge < -0.3 is 10.1 Å². The Morgan fingerprint density at radius 2 is 2.05 bits per heavy atom. The lowest BCUT2D eigenvalue weighted by atomic mass is 10.1. The van der Waals surface area contributed by atoms with E-state index in [4.69, 9.17) is 4.74 Å². The van der Waals surface area contributed by atoms with E-state index in [0.717, 1.165) is 28.9 Å². The normalized spacial score (nSPS) is 10.6. The van der Waals surface area contributed by atoms with Crippen molar-refractivity contribution in [1.29, 1.82) is 0 Å². The van der Waals surface area contributed by atoms with E-state index >= 15 is 0 Å². The van der Waals surface area contributed by atoms with Crippen molar-refractivity contribution in [2.24, 2.45) is 0 Å². The van der Waals surface area contributed by atoms with E-state index in [1.54, 1.807) is 6.07 Å². The van der Waals surface area contributed by atoms with Gasteiger partial charge in [-0.1, -0.05) is 35.0 Å². The number of nitrogens with one attached hydrogen (secondary N) is 1. The van der Waals surface area contributed by atoms with Gasteiger partial charge in [0.25, 0.3) is 0 Å². The molecule has 0 radical (unpaired) electrons. The number of rotatable bonds is 6. The average molecular weight is 338 g/mol. The Morgan fingerprint density at radius 1 is 1.20 bits per heavy atom. The van der Waals surface area contributed by atoms with E-state index in [9.17, 15) is 4.39 Å². The quantitative estimate of drug-likeness (QED) is 0.849. The zero-order valence-electron chi connectivity index (χ0n) is 11.3. The summed E-state index contributed by atoms with van der Waals surface area (Å²) in [6.45, 7) is 3.89. The SMILES string of the molecule is CCNCc1ccc(F)c(COc2cccc(Br)c2)c1. The summed E-state index contributed by atoms with van der Waals surface area (Å²) >= 11 is 3.38. The van der Waals surface area contributed by atoms with E-state index in [1.807, 2.05) is 37.3 Å². The van der Waals surface area contributed by atoms with Crippen LogP contribution in [0.2, 0.25) is 0 Å². The second-order valence-electron chi connectivity index (χ2n) is 4.45. The molecule has 106 valence electrons. The fourth-order valence-corrected chi connectivity index (χ4v) is 2.21. The molecule has 0 aliphatic carbocycles. The molecule has 0 aliphatic heterocycles. The monoisotopic (exact) mass is 337 g/mol. The van der Waals surface area contributed by atoms with Crippen LogP contribution in [0.15, 0.2) is 46.9 Å². The highest BCUT2D eigenvalue weighted by Crippen LogP contribution is 2.20. The van der Waals surface area contributed by atoms with Gasteiger partial charge in [-0.15, -0.1) is 0 Å². The lowest BCUT2D eigenvalue weighted by Gasteiger charge is -2.09. The predicted octanol–water partition coefficient (Wildman–Crippen LogP) is 4.28. The first kappa shape index (κ1) is 15.0. The Morgan fingerprint density at radius 3 is 2.80 bits per heavy atom. The Bertz CT molecular complexity index is 574. The van der Waals surface area contributed by atoms with Crippen LogP contribution in [0.25, 0.3) is 0 Å². The molecule has 0 bridgehead atoms. The molecule has 0 aliphatic rings. The van der Waals surface area contributed by atoms with Crippen molar-refractivity contribution >= 4 is 15.9 Å². The Hall–Kier alpha value is -1.39. The molecule has 0 spiro atoms. The lowest BCUT2D eigenvalue weighted by Crippen LogP contribution is -2.12. The van der Waals surface area contributed by atoms with Crippen LogP contribution in [0.5, 0.6) is 5.75 Å². The minimum atomic E-state index is -0.236. The maximum Gasteiger partial charge on any atom is 0.129 e. The smallest absolute Gasteiger partial charge is 0.129 e. The molecular weight excluding hydrogens is 321 g/mol. The summed E-state index contributed by atoms with van der Waals surface area (Å²) in [5, 5.41) is 3.22. The Balaban J connectivity index is 2.04. The number of hydrogen-bond donors (Lipinski definition) is 1. The van der Waals surface area contributed by atoms with Gasteiger partial charge in [0.1, 0.15) is 18.2 Å². The van der Waals surface area contributed by atoms with E-state index in [-0.39, 0.29) is 12.4 Å². The molecule has 0 atom stereocenters. The summed E-state index contributed by atoms with van der Waals surface area (Å²) < 4.78 is 20.3. The molecule has 0 saturated heterocycles. The molecule has 0 saturated carbocycles. The standard InChI is InChI=1S/C16H17BrFNO/c1-2-19-10-12-6-7-16(18)13(8-12)11-20-15-5-3-4-14(17)9-15/h3-9,19H,2,10-11H2,1H3. The molecule has 1 N–H and O–H groups in total. The van der Waals surface area contributed by atoms with Crippen molar-refractivity contribution < 1.29 is 9.13 Å². The van der Waals surface area contributed by atoms with Gasteiger partial charge >= 0.3 is 0 Å². The van der Waals surface area contributed by atoms with Gasteiger partial charge in [0.2, 0.25) is 0 Å². The minimum absolute atomic E-state index is 0.224. The highest BCUT2D eigenvalue weighted by atomic mass is 79.9. The highest BCUT2D eigenvalue weighted by Gasteiger charge is 2.05. The predicted molar refractivity (Wildman–Crippen MR) is 82.3 cm³/mol. The van der Waals surface area contributed by atoms with Crippen molar-refractivity contribution in [2.75, 3.05) is 6.54 Å². The summed E-state index contributed by atoms with van der Waals surface area (Å²) in [4.78, 5) is 0. The first-order valence-corrected chi connectivity index (χ1v) is 7.34. The highest BCUT2D eigenvalue weighted by molar-refractivity contribution is 9.10. The molecule has 0 heterocycles. The van der Waals surface area contributed by atoms with Crippen molar-refractivity contribution in [3.05, 3.63) is 63.9 Å². The van der Waals surface area contributed by atoms with Gasteiger partial charge in [-0.3, -0.25) is 0 Å². The average Bonchev–Trinajstić information content (AvgIpc) is 2.45. The molecule has 2 aromatic rings. The summed E-state index contributed by atoms with van der Waals surface area (Å²) in [7, 11) is 0. The molecule has 20 heavy (non-hydrogen) atoms. The maximum absolute atomic E-state index is 13.8. The maximum atomic E-state index is 13.8. The second kappa shape index (κ2) is 7.41. The van der Waals surface area contributed by atoms with Crippen molar-refractivity contribution in [2.45, 2.75) is 20.1 Å². The number of ether oxygens (including phenoxy) is 1. The first-order chi connectivity index (χ1) is 9.69. The van der Waals surface area contributed by atoms with Gasteiger partial charge in [-0.25, -0.2) is 4.39 Å². The summed E-state index contributed by atoms with van der Waals surface area (Å²) in [5.41, 5.74) is 1.63. The van der Waals surface area contributed by atoms with Gasteiger partial charge in [0.15, 0.2) is 0 Å². The zero-order chi connectivity index (χ0) is 14.4. The van der Waals surface area contributed by atoms with Crippen molar-refractivity contribution in [3.8, 4) is 5.75 Å². The largest absolute Gasteiger partial charge is 0.489 e. The van der Waals surface area contributed by atoms with Crippen LogP contribution in [0.4, 0.5) is 4.39 Å². The van der Waals surface area contributed by atoms with E-state index in [0.29, 0.717) is 5.56 Å². The number of benzene rings is 2. The fourth-order valence-electron chi connectivity index (χ4n) is 1.84. The van der Waals surface area contributed by atoms with Crippen molar-refractivity contribution in [1.82, 2.24) is 5.32 Å². The van der Waals surface area contributed by atoms with E-state index < -0.39 is 0 Å². The third-order valence-corrected chi connectivity index (χ3v) is 3.37. The van der Waals surface area contributed by atoms with Gasteiger partial charge in [-0.05, 0) is 42.4 Å². The minimum Gasteiger partial charge on any atom is -0.489 e.